The first kappa shape index (κ1) is 16.8. The standard InChI is InChI=1S/C24H26N2.H2/c1-3-24(2)17-25-23(26-24)22-14-7-5-10-20(22)16-15-19-12-8-11-18-9-4-6-13-21(18)19;/h4-14H,3,15-17H2,1-2H3,(H,25,26);1H. The average molecular weight is 345 g/mol. The van der Waals surface area contributed by atoms with Crippen LogP contribution < -0.4 is 5.32 Å². The van der Waals surface area contributed by atoms with Crippen LogP contribution in [0.5, 0.6) is 0 Å². The molecule has 0 amide bonds. The van der Waals surface area contributed by atoms with Crippen molar-refractivity contribution in [3.05, 3.63) is 83.4 Å². The van der Waals surface area contributed by atoms with E-state index >= 15 is 0 Å². The summed E-state index contributed by atoms with van der Waals surface area (Å²) in [6, 6.07) is 24.0. The predicted molar refractivity (Wildman–Crippen MR) is 113 cm³/mol. The van der Waals surface area contributed by atoms with E-state index in [0.717, 1.165) is 31.6 Å². The minimum Gasteiger partial charge on any atom is -0.363 e. The first-order valence-corrected chi connectivity index (χ1v) is 9.56. The summed E-state index contributed by atoms with van der Waals surface area (Å²) >= 11 is 0. The molecule has 1 aliphatic rings. The second kappa shape index (κ2) is 6.95. The van der Waals surface area contributed by atoms with Crippen molar-refractivity contribution in [2.24, 2.45) is 4.99 Å². The maximum absolute atomic E-state index is 4.80. The van der Waals surface area contributed by atoms with Gasteiger partial charge >= 0.3 is 0 Å². The molecule has 26 heavy (non-hydrogen) atoms. The van der Waals surface area contributed by atoms with Gasteiger partial charge in [0.2, 0.25) is 0 Å². The molecule has 1 aliphatic heterocycles. The van der Waals surface area contributed by atoms with Gasteiger partial charge in [-0.3, -0.25) is 4.99 Å². The molecule has 0 saturated heterocycles. The molecule has 0 aliphatic carbocycles. The van der Waals surface area contributed by atoms with Crippen LogP contribution in [0.3, 0.4) is 0 Å². The molecule has 0 radical (unpaired) electrons. The smallest absolute Gasteiger partial charge is 0.129 e. The zero-order chi connectivity index (χ0) is 18.0. The van der Waals surface area contributed by atoms with Crippen molar-refractivity contribution in [2.75, 3.05) is 6.54 Å². The van der Waals surface area contributed by atoms with Gasteiger partial charge in [-0.15, -0.1) is 0 Å². The Hall–Kier alpha value is -2.61. The third-order valence-corrected chi connectivity index (χ3v) is 5.60. The Morgan fingerprint density at radius 1 is 0.923 bits per heavy atom. The molecule has 1 unspecified atom stereocenters. The summed E-state index contributed by atoms with van der Waals surface area (Å²) in [4.78, 5) is 4.80. The van der Waals surface area contributed by atoms with Crippen LogP contribution in [0.25, 0.3) is 10.8 Å². The van der Waals surface area contributed by atoms with Crippen molar-refractivity contribution < 1.29 is 1.43 Å². The highest BCUT2D eigenvalue weighted by atomic mass is 15.1. The number of benzene rings is 3. The fourth-order valence-electron chi connectivity index (χ4n) is 3.72. The van der Waals surface area contributed by atoms with Crippen LogP contribution >= 0.6 is 0 Å². The molecule has 134 valence electrons. The van der Waals surface area contributed by atoms with E-state index in [1.807, 2.05) is 0 Å². The first-order valence-electron chi connectivity index (χ1n) is 9.56. The highest BCUT2D eigenvalue weighted by molar-refractivity contribution is 6.01. The summed E-state index contributed by atoms with van der Waals surface area (Å²) in [7, 11) is 0. The summed E-state index contributed by atoms with van der Waals surface area (Å²) in [5.74, 6) is 1.06. The highest BCUT2D eigenvalue weighted by Crippen LogP contribution is 2.23. The Labute approximate surface area is 157 Å². The van der Waals surface area contributed by atoms with Gasteiger partial charge in [-0.1, -0.05) is 73.7 Å². The summed E-state index contributed by atoms with van der Waals surface area (Å²) in [6.07, 6.45) is 3.14. The molecule has 0 saturated carbocycles. The summed E-state index contributed by atoms with van der Waals surface area (Å²) in [5.41, 5.74) is 4.13. The Kier molecular flexibility index (Phi) is 4.50. The third-order valence-electron chi connectivity index (χ3n) is 5.60. The molecule has 0 spiro atoms. The molecule has 1 atom stereocenters. The molecular weight excluding hydrogens is 316 g/mol. The van der Waals surface area contributed by atoms with Crippen LogP contribution in [-0.2, 0) is 12.8 Å². The van der Waals surface area contributed by atoms with Gasteiger partial charge < -0.3 is 5.32 Å². The number of hydrogen-bond donors (Lipinski definition) is 1. The van der Waals surface area contributed by atoms with E-state index in [1.54, 1.807) is 0 Å². The molecule has 2 heteroatoms. The number of aliphatic imine (C=N–C) groups is 1. The lowest BCUT2D eigenvalue weighted by molar-refractivity contribution is 0.441. The van der Waals surface area contributed by atoms with Crippen LogP contribution in [-0.4, -0.2) is 17.9 Å². The van der Waals surface area contributed by atoms with E-state index < -0.39 is 0 Å². The van der Waals surface area contributed by atoms with E-state index in [9.17, 15) is 0 Å². The molecular formula is C24H28N2. The first-order chi connectivity index (χ1) is 12.7. The Morgan fingerprint density at radius 2 is 1.62 bits per heavy atom. The van der Waals surface area contributed by atoms with Crippen LogP contribution in [0.15, 0.2) is 71.7 Å². The second-order valence-corrected chi connectivity index (χ2v) is 7.50. The van der Waals surface area contributed by atoms with E-state index in [1.165, 1.54) is 27.5 Å². The van der Waals surface area contributed by atoms with E-state index in [2.05, 4.69) is 85.9 Å². The molecule has 2 nitrogen and oxygen atoms in total. The van der Waals surface area contributed by atoms with Gasteiger partial charge in [-0.25, -0.2) is 0 Å². The molecule has 4 rings (SSSR count). The number of hydrogen-bond acceptors (Lipinski definition) is 2. The Morgan fingerprint density at radius 3 is 2.46 bits per heavy atom. The minimum atomic E-state index is 0. The van der Waals surface area contributed by atoms with Crippen molar-refractivity contribution in [1.82, 2.24) is 5.32 Å². The summed E-state index contributed by atoms with van der Waals surface area (Å²) < 4.78 is 0. The van der Waals surface area contributed by atoms with E-state index in [-0.39, 0.29) is 6.97 Å². The van der Waals surface area contributed by atoms with Gasteiger partial charge in [-0.2, -0.15) is 0 Å². The van der Waals surface area contributed by atoms with Crippen molar-refractivity contribution in [1.29, 1.82) is 0 Å². The fourth-order valence-corrected chi connectivity index (χ4v) is 3.72. The molecule has 3 aromatic rings. The monoisotopic (exact) mass is 344 g/mol. The molecule has 3 aromatic carbocycles. The van der Waals surface area contributed by atoms with Crippen molar-refractivity contribution in [3.63, 3.8) is 0 Å². The highest BCUT2D eigenvalue weighted by Gasteiger charge is 2.29. The lowest BCUT2D eigenvalue weighted by atomic mass is 9.95. The third kappa shape index (κ3) is 3.24. The summed E-state index contributed by atoms with van der Waals surface area (Å²) in [5, 5.41) is 6.33. The lowest BCUT2D eigenvalue weighted by Gasteiger charge is -2.23. The van der Waals surface area contributed by atoms with Gasteiger partial charge in [0.05, 0.1) is 12.1 Å². The molecule has 0 bridgehead atoms. The quantitative estimate of drug-likeness (QED) is 0.659. The normalized spacial score (nSPS) is 19.4. The van der Waals surface area contributed by atoms with Gasteiger partial charge in [-0.05, 0) is 48.1 Å². The number of fused-ring (bicyclic) bond motifs is 1. The van der Waals surface area contributed by atoms with Gasteiger partial charge in [0, 0.05) is 6.99 Å². The fraction of sp³-hybridized carbons (Fsp3) is 0.292. The predicted octanol–water partition coefficient (Wildman–Crippen LogP) is 5.39. The summed E-state index contributed by atoms with van der Waals surface area (Å²) in [6.45, 7) is 5.33. The Bertz CT molecular complexity index is 958. The zero-order valence-electron chi connectivity index (χ0n) is 15.6. The van der Waals surface area contributed by atoms with E-state index in [4.69, 9.17) is 4.99 Å². The second-order valence-electron chi connectivity index (χ2n) is 7.50. The van der Waals surface area contributed by atoms with Crippen LogP contribution in [0.2, 0.25) is 0 Å². The zero-order valence-corrected chi connectivity index (χ0v) is 15.6. The maximum Gasteiger partial charge on any atom is 0.129 e. The number of nitrogens with one attached hydrogen (secondary N) is 1. The van der Waals surface area contributed by atoms with E-state index in [0.29, 0.717) is 0 Å². The topological polar surface area (TPSA) is 24.4 Å². The maximum atomic E-state index is 4.80. The van der Waals surface area contributed by atoms with Crippen molar-refractivity contribution >= 4 is 16.6 Å². The van der Waals surface area contributed by atoms with Crippen LogP contribution in [0.1, 0.15) is 38.4 Å². The minimum absolute atomic E-state index is 0. The number of nitrogens with zero attached hydrogens (tertiary/aromatic N) is 1. The molecule has 1 heterocycles. The van der Waals surface area contributed by atoms with Crippen molar-refractivity contribution in [3.8, 4) is 0 Å². The molecule has 1 N–H and O–H groups in total. The van der Waals surface area contributed by atoms with Crippen molar-refractivity contribution in [2.45, 2.75) is 38.6 Å². The average Bonchev–Trinajstić information content (AvgIpc) is 3.09. The number of amidine groups is 1. The Balaban J connectivity index is 0.00000210. The number of rotatable bonds is 5. The van der Waals surface area contributed by atoms with Crippen LogP contribution in [0, 0.1) is 0 Å². The van der Waals surface area contributed by atoms with Gasteiger partial charge in [0.1, 0.15) is 5.84 Å². The van der Waals surface area contributed by atoms with Gasteiger partial charge in [0.25, 0.3) is 0 Å². The number of aryl methyl sites for hydroxylation is 2. The van der Waals surface area contributed by atoms with Crippen LogP contribution in [0.4, 0.5) is 0 Å². The largest absolute Gasteiger partial charge is 0.363 e. The SMILES string of the molecule is CCC1(C)CN=C(c2ccccc2CCc2cccc3ccccc23)N1.[HH]. The van der Waals surface area contributed by atoms with Gasteiger partial charge in [0.15, 0.2) is 0 Å². The lowest BCUT2D eigenvalue weighted by Crippen LogP contribution is -2.42. The molecule has 0 fully saturated rings. The molecule has 0 aromatic heterocycles.